The van der Waals surface area contributed by atoms with Gasteiger partial charge in [0, 0.05) is 36.3 Å². The molecule has 0 unspecified atom stereocenters. The van der Waals surface area contributed by atoms with Crippen molar-refractivity contribution < 1.29 is 9.66 Å². The molecule has 0 amide bonds. The maximum atomic E-state index is 10.8. The Morgan fingerprint density at radius 2 is 1.96 bits per heavy atom. The Morgan fingerprint density at radius 3 is 2.65 bits per heavy atom. The van der Waals surface area contributed by atoms with Crippen LogP contribution in [0.4, 0.5) is 17.1 Å². The van der Waals surface area contributed by atoms with E-state index in [2.05, 4.69) is 31.2 Å². The van der Waals surface area contributed by atoms with Crippen molar-refractivity contribution in [1.82, 2.24) is 9.97 Å². The van der Waals surface area contributed by atoms with Crippen molar-refractivity contribution in [3.8, 4) is 17.8 Å². The first-order chi connectivity index (χ1) is 12.5. The summed E-state index contributed by atoms with van der Waals surface area (Å²) in [5.41, 5.74) is 1.12. The van der Waals surface area contributed by atoms with Crippen molar-refractivity contribution in [3.05, 3.63) is 75.0 Å². The quantitative estimate of drug-likeness (QED) is 0.483. The Labute approximate surface area is 156 Å². The molecule has 0 atom stereocenters. The molecule has 2 aromatic carbocycles. The van der Waals surface area contributed by atoms with Crippen LogP contribution in [0.5, 0.6) is 11.8 Å². The highest BCUT2D eigenvalue weighted by Gasteiger charge is 2.11. The monoisotopic (exact) mass is 411 g/mol. The third-order valence-electron chi connectivity index (χ3n) is 3.25. The largest absolute Gasteiger partial charge is 0.424 e. The Bertz CT molecular complexity index is 1000. The van der Waals surface area contributed by atoms with E-state index in [9.17, 15) is 15.4 Å². The van der Waals surface area contributed by atoms with E-state index in [4.69, 9.17) is 4.74 Å². The van der Waals surface area contributed by atoms with Crippen LogP contribution in [0.15, 0.2) is 59.3 Å². The lowest BCUT2D eigenvalue weighted by atomic mass is 10.1. The van der Waals surface area contributed by atoms with Crippen LogP contribution < -0.4 is 10.1 Å². The second-order valence-electron chi connectivity index (χ2n) is 5.04. The first-order valence-electron chi connectivity index (χ1n) is 7.26. The summed E-state index contributed by atoms with van der Waals surface area (Å²) in [7, 11) is 0. The summed E-state index contributed by atoms with van der Waals surface area (Å²) in [5, 5.41) is 23.1. The number of halogens is 1. The van der Waals surface area contributed by atoms with Crippen molar-refractivity contribution in [2.45, 2.75) is 0 Å². The Hall–Kier alpha value is -3.51. The van der Waals surface area contributed by atoms with Gasteiger partial charge in [-0.15, -0.1) is 0 Å². The molecule has 0 saturated carbocycles. The number of hydrogen-bond donors (Lipinski definition) is 1. The van der Waals surface area contributed by atoms with Gasteiger partial charge < -0.3 is 10.1 Å². The maximum absolute atomic E-state index is 10.8. The number of hydrogen-bond acceptors (Lipinski definition) is 7. The summed E-state index contributed by atoms with van der Waals surface area (Å²) in [6, 6.07) is 13.2. The van der Waals surface area contributed by atoms with Crippen LogP contribution in [0, 0.1) is 21.4 Å². The first kappa shape index (κ1) is 17.3. The van der Waals surface area contributed by atoms with Gasteiger partial charge in [-0.2, -0.15) is 5.26 Å². The molecule has 0 bridgehead atoms. The lowest BCUT2D eigenvalue weighted by Gasteiger charge is -2.10. The molecule has 0 aliphatic heterocycles. The number of nitro benzene ring substituents is 1. The zero-order chi connectivity index (χ0) is 18.5. The summed E-state index contributed by atoms with van der Waals surface area (Å²) in [4.78, 5) is 18.3. The highest BCUT2D eigenvalue weighted by Crippen LogP contribution is 2.27. The van der Waals surface area contributed by atoms with Gasteiger partial charge in [0.25, 0.3) is 5.69 Å². The smallest absolute Gasteiger partial charge is 0.321 e. The molecule has 0 fully saturated rings. The van der Waals surface area contributed by atoms with Gasteiger partial charge in [0.2, 0.25) is 0 Å². The van der Waals surface area contributed by atoms with Gasteiger partial charge in [-0.1, -0.05) is 6.07 Å². The lowest BCUT2D eigenvalue weighted by Crippen LogP contribution is -1.97. The lowest BCUT2D eigenvalue weighted by molar-refractivity contribution is -0.384. The minimum Gasteiger partial charge on any atom is -0.424 e. The molecule has 0 spiro atoms. The zero-order valence-electron chi connectivity index (χ0n) is 13.1. The molecule has 3 rings (SSSR count). The average Bonchev–Trinajstić information content (AvgIpc) is 2.64. The van der Waals surface area contributed by atoms with Gasteiger partial charge in [0.05, 0.1) is 20.6 Å². The van der Waals surface area contributed by atoms with E-state index >= 15 is 0 Å². The third-order valence-corrected chi connectivity index (χ3v) is 3.66. The number of nitrogens with zero attached hydrogens (tertiary/aromatic N) is 4. The second kappa shape index (κ2) is 7.58. The van der Waals surface area contributed by atoms with E-state index in [1.807, 2.05) is 6.07 Å². The molecule has 0 aliphatic rings. The van der Waals surface area contributed by atoms with Crippen molar-refractivity contribution >= 4 is 33.0 Å². The van der Waals surface area contributed by atoms with Gasteiger partial charge in [-0.25, -0.2) is 9.97 Å². The molecular formula is C17H10BrN5O3. The average molecular weight is 412 g/mol. The topological polar surface area (TPSA) is 114 Å². The fourth-order valence-electron chi connectivity index (χ4n) is 2.10. The summed E-state index contributed by atoms with van der Waals surface area (Å²) < 4.78 is 6.32. The van der Waals surface area contributed by atoms with Crippen molar-refractivity contribution in [1.29, 1.82) is 5.26 Å². The summed E-state index contributed by atoms with van der Waals surface area (Å²) in [5.74, 6) is 0.498. The molecule has 1 aromatic heterocycles. The molecule has 8 nitrogen and oxygen atoms in total. The van der Waals surface area contributed by atoms with Crippen LogP contribution in [-0.4, -0.2) is 14.9 Å². The highest BCUT2D eigenvalue weighted by molar-refractivity contribution is 9.10. The maximum Gasteiger partial charge on any atom is 0.321 e. The number of rotatable bonds is 5. The number of nitro groups is 1. The highest BCUT2D eigenvalue weighted by atomic mass is 79.9. The van der Waals surface area contributed by atoms with Gasteiger partial charge >= 0.3 is 6.01 Å². The Kier molecular flexibility index (Phi) is 5.05. The predicted octanol–water partition coefficient (Wildman–Crippen LogP) is 4.55. The molecule has 26 heavy (non-hydrogen) atoms. The molecule has 0 aliphatic carbocycles. The number of nitrogens with one attached hydrogen (secondary N) is 1. The number of aromatic nitrogens is 2. The van der Waals surface area contributed by atoms with Crippen molar-refractivity contribution in [2.24, 2.45) is 0 Å². The molecule has 0 saturated heterocycles. The minimum absolute atomic E-state index is 0.142. The summed E-state index contributed by atoms with van der Waals surface area (Å²) in [6.45, 7) is 0. The van der Waals surface area contributed by atoms with Crippen LogP contribution in [0.2, 0.25) is 0 Å². The number of ether oxygens (including phenoxy) is 1. The standard InChI is InChI=1S/C17H10BrN5O3/c18-12-9-20-17(21-10-12)26-15-3-1-2-13(7-15)22-16-5-4-14(23(24)25)6-11(16)8-19/h1-7,9-10,22H. The minimum atomic E-state index is -0.544. The van der Waals surface area contributed by atoms with E-state index in [0.29, 0.717) is 17.1 Å². The second-order valence-corrected chi connectivity index (χ2v) is 5.95. The molecule has 1 N–H and O–H groups in total. The van der Waals surface area contributed by atoms with E-state index in [-0.39, 0.29) is 17.3 Å². The number of benzene rings is 2. The number of non-ortho nitro benzene ring substituents is 1. The van der Waals surface area contributed by atoms with Crippen LogP contribution in [0.3, 0.4) is 0 Å². The normalized spacial score (nSPS) is 10.0. The molecule has 0 radical (unpaired) electrons. The van der Waals surface area contributed by atoms with Crippen molar-refractivity contribution in [3.63, 3.8) is 0 Å². The van der Waals surface area contributed by atoms with E-state index < -0.39 is 4.92 Å². The summed E-state index contributed by atoms with van der Waals surface area (Å²) in [6.07, 6.45) is 3.14. The molecule has 3 aromatic rings. The number of nitriles is 1. The third kappa shape index (κ3) is 4.12. The zero-order valence-corrected chi connectivity index (χ0v) is 14.7. The van der Waals surface area contributed by atoms with Gasteiger partial charge in [-0.3, -0.25) is 10.1 Å². The van der Waals surface area contributed by atoms with Crippen LogP contribution >= 0.6 is 15.9 Å². The van der Waals surface area contributed by atoms with Gasteiger partial charge in [0.1, 0.15) is 11.8 Å². The van der Waals surface area contributed by atoms with Gasteiger partial charge in [0.15, 0.2) is 0 Å². The fraction of sp³-hybridized carbons (Fsp3) is 0. The Morgan fingerprint density at radius 1 is 1.19 bits per heavy atom. The first-order valence-corrected chi connectivity index (χ1v) is 8.05. The SMILES string of the molecule is N#Cc1cc([N+](=O)[O-])ccc1Nc1cccc(Oc2ncc(Br)cn2)c1. The van der Waals surface area contributed by atoms with Crippen molar-refractivity contribution in [2.75, 3.05) is 5.32 Å². The van der Waals surface area contributed by atoms with Crippen LogP contribution in [0.1, 0.15) is 5.56 Å². The Balaban J connectivity index is 1.82. The van der Waals surface area contributed by atoms with E-state index in [1.54, 1.807) is 36.7 Å². The predicted molar refractivity (Wildman–Crippen MR) is 97.3 cm³/mol. The van der Waals surface area contributed by atoms with Gasteiger partial charge in [-0.05, 0) is 34.1 Å². The molecular weight excluding hydrogens is 402 g/mol. The van der Waals surface area contributed by atoms with Crippen LogP contribution in [-0.2, 0) is 0 Å². The van der Waals surface area contributed by atoms with E-state index in [1.165, 1.54) is 18.2 Å². The summed E-state index contributed by atoms with van der Waals surface area (Å²) >= 11 is 3.25. The number of anilines is 2. The van der Waals surface area contributed by atoms with Crippen LogP contribution in [0.25, 0.3) is 0 Å². The fourth-order valence-corrected chi connectivity index (χ4v) is 2.30. The molecule has 1 heterocycles. The molecule has 128 valence electrons. The molecule has 9 heteroatoms. The van der Waals surface area contributed by atoms with E-state index in [0.717, 1.165) is 4.47 Å².